The topological polar surface area (TPSA) is 106 Å². The van der Waals surface area contributed by atoms with Gasteiger partial charge in [0.05, 0.1) is 20.0 Å². The van der Waals surface area contributed by atoms with Crippen LogP contribution in [0.3, 0.4) is 0 Å². The minimum Gasteiger partial charge on any atom is -0.506 e. The molecular formula is C14H15NO5. The molecule has 0 amide bonds. The Hall–Kier alpha value is -2.47. The average molecular weight is 277 g/mol. The van der Waals surface area contributed by atoms with Gasteiger partial charge in [-0.05, 0) is 18.2 Å². The smallest absolute Gasteiger partial charge is 0.343 e. The molecule has 0 aliphatic carbocycles. The van der Waals surface area contributed by atoms with Crippen molar-refractivity contribution in [2.24, 2.45) is 0 Å². The van der Waals surface area contributed by atoms with E-state index in [2.05, 4.69) is 4.74 Å². The molecule has 2 rings (SSSR count). The first-order chi connectivity index (χ1) is 9.60. The molecule has 20 heavy (non-hydrogen) atoms. The Bertz CT molecular complexity index is 632. The Morgan fingerprint density at radius 2 is 2.10 bits per heavy atom. The van der Waals surface area contributed by atoms with Crippen molar-refractivity contribution < 1.29 is 24.2 Å². The zero-order valence-electron chi connectivity index (χ0n) is 10.9. The number of carbonyl (C=O) groups is 1. The minimum atomic E-state index is -0.714. The van der Waals surface area contributed by atoms with E-state index in [1.165, 1.54) is 19.4 Å². The van der Waals surface area contributed by atoms with Gasteiger partial charge in [-0.3, -0.25) is 0 Å². The third-order valence-electron chi connectivity index (χ3n) is 2.97. The van der Waals surface area contributed by atoms with Gasteiger partial charge in [0.25, 0.3) is 0 Å². The number of esters is 1. The summed E-state index contributed by atoms with van der Waals surface area (Å²) in [5, 5.41) is 19.2. The third kappa shape index (κ3) is 2.33. The molecule has 4 N–H and O–H groups in total. The van der Waals surface area contributed by atoms with Crippen LogP contribution in [0.5, 0.6) is 5.75 Å². The molecule has 0 spiro atoms. The van der Waals surface area contributed by atoms with Crippen LogP contribution >= 0.6 is 0 Å². The van der Waals surface area contributed by atoms with Gasteiger partial charge in [-0.1, -0.05) is 0 Å². The summed E-state index contributed by atoms with van der Waals surface area (Å²) in [6.07, 6.45) is 1.76. The standard InChI is InChI=1S/C14H15NO5/c1-19-14(18)12-10(15)3-2-9(13(12)17)8-5-7-20-11(8)4-6-16/h2-3,5,7,16-17H,4,6,15H2,1H3. The summed E-state index contributed by atoms with van der Waals surface area (Å²) in [6.45, 7) is -0.0832. The third-order valence-corrected chi connectivity index (χ3v) is 2.97. The first-order valence-electron chi connectivity index (χ1n) is 5.97. The first-order valence-corrected chi connectivity index (χ1v) is 5.97. The fourth-order valence-corrected chi connectivity index (χ4v) is 2.02. The maximum Gasteiger partial charge on any atom is 0.343 e. The van der Waals surface area contributed by atoms with E-state index in [4.69, 9.17) is 15.3 Å². The summed E-state index contributed by atoms with van der Waals surface area (Å²) in [7, 11) is 1.21. The maximum atomic E-state index is 11.7. The highest BCUT2D eigenvalue weighted by Crippen LogP contribution is 2.37. The highest BCUT2D eigenvalue weighted by Gasteiger charge is 2.21. The lowest BCUT2D eigenvalue weighted by Gasteiger charge is -2.11. The van der Waals surface area contributed by atoms with Gasteiger partial charge in [0, 0.05) is 23.2 Å². The average Bonchev–Trinajstić information content (AvgIpc) is 2.87. The molecule has 6 heteroatoms. The molecule has 106 valence electrons. The lowest BCUT2D eigenvalue weighted by Crippen LogP contribution is -2.06. The Balaban J connectivity index is 2.58. The van der Waals surface area contributed by atoms with E-state index in [-0.39, 0.29) is 23.6 Å². The van der Waals surface area contributed by atoms with Crippen molar-refractivity contribution >= 4 is 11.7 Å². The quantitative estimate of drug-likeness (QED) is 0.578. The molecule has 0 bridgehead atoms. The van der Waals surface area contributed by atoms with Crippen LogP contribution in [-0.2, 0) is 11.2 Å². The Labute approximate surface area is 115 Å². The van der Waals surface area contributed by atoms with E-state index in [0.29, 0.717) is 23.3 Å². The molecule has 0 atom stereocenters. The molecule has 0 saturated carbocycles. The first kappa shape index (κ1) is 14.0. The van der Waals surface area contributed by atoms with Gasteiger partial charge in [-0.15, -0.1) is 0 Å². The van der Waals surface area contributed by atoms with E-state index in [1.807, 2.05) is 0 Å². The van der Waals surface area contributed by atoms with Crippen LogP contribution < -0.4 is 5.73 Å². The van der Waals surface area contributed by atoms with E-state index in [1.54, 1.807) is 12.1 Å². The number of methoxy groups -OCH3 is 1. The Morgan fingerprint density at radius 3 is 2.75 bits per heavy atom. The number of aliphatic hydroxyl groups excluding tert-OH is 1. The van der Waals surface area contributed by atoms with Crippen molar-refractivity contribution in [3.63, 3.8) is 0 Å². The number of phenols is 1. The van der Waals surface area contributed by atoms with Gasteiger partial charge >= 0.3 is 5.97 Å². The fourth-order valence-electron chi connectivity index (χ4n) is 2.02. The summed E-state index contributed by atoms with van der Waals surface area (Å²) in [4.78, 5) is 11.7. The summed E-state index contributed by atoms with van der Waals surface area (Å²) < 4.78 is 9.86. The summed E-state index contributed by atoms with van der Waals surface area (Å²) >= 11 is 0. The normalized spacial score (nSPS) is 10.5. The number of aliphatic hydroxyl groups is 1. The number of benzene rings is 1. The van der Waals surface area contributed by atoms with Gasteiger partial charge < -0.3 is 25.1 Å². The molecule has 0 fully saturated rings. The van der Waals surface area contributed by atoms with Crippen LogP contribution in [0.15, 0.2) is 28.9 Å². The van der Waals surface area contributed by atoms with E-state index >= 15 is 0 Å². The van der Waals surface area contributed by atoms with Crippen LogP contribution in [-0.4, -0.2) is 29.9 Å². The second-order valence-electron chi connectivity index (χ2n) is 4.15. The monoisotopic (exact) mass is 277 g/mol. The van der Waals surface area contributed by atoms with Crippen molar-refractivity contribution in [3.05, 3.63) is 35.8 Å². The predicted octanol–water partition coefficient (Wildman–Crippen LogP) is 1.56. The van der Waals surface area contributed by atoms with Gasteiger partial charge in [-0.2, -0.15) is 0 Å². The highest BCUT2D eigenvalue weighted by molar-refractivity contribution is 6.00. The molecule has 1 aromatic carbocycles. The SMILES string of the molecule is COC(=O)c1c(N)ccc(-c2ccoc2CCO)c1O. The minimum absolute atomic E-state index is 0.0823. The molecule has 0 saturated heterocycles. The van der Waals surface area contributed by atoms with E-state index in [0.717, 1.165) is 0 Å². The number of anilines is 1. The molecular weight excluding hydrogens is 262 g/mol. The zero-order chi connectivity index (χ0) is 14.7. The number of hydrogen-bond donors (Lipinski definition) is 3. The van der Waals surface area contributed by atoms with Crippen LogP contribution in [0.4, 0.5) is 5.69 Å². The van der Waals surface area contributed by atoms with E-state index in [9.17, 15) is 9.90 Å². The van der Waals surface area contributed by atoms with Crippen molar-refractivity contribution in [3.8, 4) is 16.9 Å². The second kappa shape index (κ2) is 5.66. The van der Waals surface area contributed by atoms with Gasteiger partial charge in [0.1, 0.15) is 17.1 Å². The van der Waals surface area contributed by atoms with E-state index < -0.39 is 5.97 Å². The van der Waals surface area contributed by atoms with Gasteiger partial charge in [-0.25, -0.2) is 4.79 Å². The fraction of sp³-hybridized carbons (Fsp3) is 0.214. The van der Waals surface area contributed by atoms with Crippen molar-refractivity contribution in [1.29, 1.82) is 0 Å². The second-order valence-corrected chi connectivity index (χ2v) is 4.15. The molecule has 0 radical (unpaired) electrons. The number of furan rings is 1. The van der Waals surface area contributed by atoms with Crippen molar-refractivity contribution in [2.75, 3.05) is 19.5 Å². The van der Waals surface area contributed by atoms with Crippen LogP contribution in [0.2, 0.25) is 0 Å². The number of ether oxygens (including phenoxy) is 1. The number of aromatic hydroxyl groups is 1. The Morgan fingerprint density at radius 1 is 1.35 bits per heavy atom. The summed E-state index contributed by atoms with van der Waals surface area (Å²) in [5.41, 5.74) is 6.74. The molecule has 2 aromatic rings. The zero-order valence-corrected chi connectivity index (χ0v) is 10.9. The number of rotatable bonds is 4. The maximum absolute atomic E-state index is 11.7. The Kier molecular flexibility index (Phi) is 3.95. The number of hydrogen-bond acceptors (Lipinski definition) is 6. The highest BCUT2D eigenvalue weighted by atomic mass is 16.5. The predicted molar refractivity (Wildman–Crippen MR) is 72.4 cm³/mol. The largest absolute Gasteiger partial charge is 0.506 e. The van der Waals surface area contributed by atoms with Gasteiger partial charge in [0.2, 0.25) is 0 Å². The van der Waals surface area contributed by atoms with Crippen molar-refractivity contribution in [1.82, 2.24) is 0 Å². The molecule has 1 aromatic heterocycles. The lowest BCUT2D eigenvalue weighted by molar-refractivity contribution is 0.0599. The molecule has 6 nitrogen and oxygen atoms in total. The molecule has 0 unspecified atom stereocenters. The van der Waals surface area contributed by atoms with Gasteiger partial charge in [0.15, 0.2) is 0 Å². The molecule has 1 heterocycles. The number of nitrogen functional groups attached to an aromatic ring is 1. The van der Waals surface area contributed by atoms with Crippen LogP contribution in [0, 0.1) is 0 Å². The number of nitrogens with two attached hydrogens (primary N) is 1. The van der Waals surface area contributed by atoms with Crippen molar-refractivity contribution in [2.45, 2.75) is 6.42 Å². The number of phenolic OH excluding ortho intramolecular Hbond substituents is 1. The number of carbonyl (C=O) groups excluding carboxylic acids is 1. The van der Waals surface area contributed by atoms with Crippen LogP contribution in [0.25, 0.3) is 11.1 Å². The lowest BCUT2D eigenvalue weighted by atomic mass is 9.99. The summed E-state index contributed by atoms with van der Waals surface area (Å²) in [5.74, 6) is -0.463. The molecule has 0 aliphatic heterocycles. The summed E-state index contributed by atoms with van der Waals surface area (Å²) in [6, 6.07) is 4.75. The van der Waals surface area contributed by atoms with Crippen LogP contribution in [0.1, 0.15) is 16.1 Å². The molecule has 0 aliphatic rings.